The molecule has 1 saturated heterocycles. The van der Waals surface area contributed by atoms with Crippen molar-refractivity contribution >= 4 is 22.8 Å². The minimum absolute atomic E-state index is 0.0346. The van der Waals surface area contributed by atoms with E-state index in [9.17, 15) is 14.0 Å². The number of hydrogen-bond donors (Lipinski definition) is 1. The largest absolute Gasteiger partial charge is 0.342 e. The Morgan fingerprint density at radius 2 is 1.83 bits per heavy atom. The van der Waals surface area contributed by atoms with Gasteiger partial charge < -0.3 is 4.90 Å². The van der Waals surface area contributed by atoms with Crippen molar-refractivity contribution < 1.29 is 9.18 Å². The molecule has 3 heterocycles. The van der Waals surface area contributed by atoms with Crippen LogP contribution in [0.2, 0.25) is 0 Å². The molecular formula is C21H24FN5O2. The average molecular weight is 397 g/mol. The first kappa shape index (κ1) is 19.3. The Balaban J connectivity index is 1.54. The highest BCUT2D eigenvalue weighted by atomic mass is 19.1. The van der Waals surface area contributed by atoms with E-state index in [0.717, 1.165) is 0 Å². The summed E-state index contributed by atoms with van der Waals surface area (Å²) < 4.78 is 14.8. The standard InChI is InChI=1S/C21H24FN5O2/c1-21(2,3)27-18-16(12-23-27)19(29)25-20(24-18)26-10-8-14(9-11-26)17(28)13-4-6-15(22)7-5-13/h4-7,12,14H,8-11H2,1-3H3,(H,24,25,29). The molecule has 0 unspecified atom stereocenters. The minimum Gasteiger partial charge on any atom is -0.342 e. The molecule has 1 N–H and O–H groups in total. The van der Waals surface area contributed by atoms with Crippen LogP contribution in [0.15, 0.2) is 35.3 Å². The molecule has 3 aromatic rings. The fraction of sp³-hybridized carbons (Fsp3) is 0.429. The van der Waals surface area contributed by atoms with E-state index in [1.807, 2.05) is 25.7 Å². The number of nitrogens with zero attached hydrogens (tertiary/aromatic N) is 4. The Morgan fingerprint density at radius 1 is 1.17 bits per heavy atom. The van der Waals surface area contributed by atoms with Crippen LogP contribution in [-0.4, -0.2) is 38.6 Å². The van der Waals surface area contributed by atoms with Crippen molar-refractivity contribution in [2.75, 3.05) is 18.0 Å². The van der Waals surface area contributed by atoms with Crippen molar-refractivity contribution in [1.29, 1.82) is 0 Å². The molecular weight excluding hydrogens is 373 g/mol. The Kier molecular flexibility index (Phi) is 4.72. The van der Waals surface area contributed by atoms with Crippen LogP contribution in [0.3, 0.4) is 0 Å². The summed E-state index contributed by atoms with van der Waals surface area (Å²) in [6.07, 6.45) is 2.84. The summed E-state index contributed by atoms with van der Waals surface area (Å²) in [5.74, 6) is 0.0668. The normalized spacial score (nSPS) is 15.8. The van der Waals surface area contributed by atoms with E-state index in [2.05, 4.69) is 15.1 Å². The van der Waals surface area contributed by atoms with Gasteiger partial charge in [0.25, 0.3) is 5.56 Å². The molecule has 1 aromatic carbocycles. The maximum Gasteiger partial charge on any atom is 0.263 e. The highest BCUT2D eigenvalue weighted by Gasteiger charge is 2.28. The molecule has 0 radical (unpaired) electrons. The maximum absolute atomic E-state index is 13.1. The zero-order valence-electron chi connectivity index (χ0n) is 16.8. The molecule has 1 aliphatic rings. The van der Waals surface area contributed by atoms with Gasteiger partial charge in [-0.2, -0.15) is 10.1 Å². The average Bonchev–Trinajstić information content (AvgIpc) is 3.13. The van der Waals surface area contributed by atoms with Crippen LogP contribution in [0.4, 0.5) is 10.3 Å². The van der Waals surface area contributed by atoms with Crippen molar-refractivity contribution in [2.45, 2.75) is 39.2 Å². The van der Waals surface area contributed by atoms with Crippen molar-refractivity contribution in [2.24, 2.45) is 5.92 Å². The van der Waals surface area contributed by atoms with Crippen LogP contribution in [0.5, 0.6) is 0 Å². The summed E-state index contributed by atoms with van der Waals surface area (Å²) in [5, 5.41) is 4.80. The van der Waals surface area contributed by atoms with Gasteiger partial charge in [-0.3, -0.25) is 14.6 Å². The van der Waals surface area contributed by atoms with E-state index in [0.29, 0.717) is 48.5 Å². The van der Waals surface area contributed by atoms with E-state index in [1.165, 1.54) is 24.3 Å². The first-order chi connectivity index (χ1) is 13.7. The third-order valence-corrected chi connectivity index (χ3v) is 5.36. The third-order valence-electron chi connectivity index (χ3n) is 5.36. The van der Waals surface area contributed by atoms with Gasteiger partial charge in [-0.15, -0.1) is 0 Å². The summed E-state index contributed by atoms with van der Waals surface area (Å²) in [6.45, 7) is 7.24. The SMILES string of the molecule is CC(C)(C)n1ncc2c(=O)[nH]c(N3CCC(C(=O)c4ccc(F)cc4)CC3)nc21. The lowest BCUT2D eigenvalue weighted by Gasteiger charge is -2.31. The molecule has 1 aliphatic heterocycles. The third kappa shape index (κ3) is 3.66. The van der Waals surface area contributed by atoms with Gasteiger partial charge in [0.2, 0.25) is 5.95 Å². The molecule has 0 saturated carbocycles. The molecule has 4 rings (SSSR count). The zero-order chi connectivity index (χ0) is 20.8. The van der Waals surface area contributed by atoms with Crippen molar-refractivity contribution in [3.05, 3.63) is 52.2 Å². The van der Waals surface area contributed by atoms with Crippen molar-refractivity contribution in [1.82, 2.24) is 19.7 Å². The second-order valence-electron chi connectivity index (χ2n) is 8.49. The van der Waals surface area contributed by atoms with Gasteiger partial charge in [-0.1, -0.05) is 0 Å². The quantitative estimate of drug-likeness (QED) is 0.687. The fourth-order valence-corrected chi connectivity index (χ4v) is 3.75. The lowest BCUT2D eigenvalue weighted by atomic mass is 9.89. The van der Waals surface area contributed by atoms with Gasteiger partial charge in [0, 0.05) is 24.6 Å². The summed E-state index contributed by atoms with van der Waals surface area (Å²) in [6, 6.07) is 5.69. The second kappa shape index (κ2) is 7.09. The molecule has 0 atom stereocenters. The molecule has 152 valence electrons. The van der Waals surface area contributed by atoms with Crippen LogP contribution >= 0.6 is 0 Å². The Labute approximate surface area is 167 Å². The molecule has 0 bridgehead atoms. The van der Waals surface area contributed by atoms with E-state index in [1.54, 1.807) is 10.9 Å². The van der Waals surface area contributed by atoms with Crippen LogP contribution in [0.25, 0.3) is 11.0 Å². The summed E-state index contributed by atoms with van der Waals surface area (Å²) >= 11 is 0. The number of anilines is 1. The molecule has 0 aliphatic carbocycles. The van der Waals surface area contributed by atoms with Crippen molar-refractivity contribution in [3.8, 4) is 0 Å². The number of nitrogens with one attached hydrogen (secondary N) is 1. The molecule has 0 amide bonds. The molecule has 2 aromatic heterocycles. The van der Waals surface area contributed by atoms with Gasteiger partial charge >= 0.3 is 0 Å². The second-order valence-corrected chi connectivity index (χ2v) is 8.49. The summed E-state index contributed by atoms with van der Waals surface area (Å²) in [7, 11) is 0. The van der Waals surface area contributed by atoms with Gasteiger partial charge in [-0.05, 0) is 57.9 Å². The zero-order valence-corrected chi connectivity index (χ0v) is 16.8. The Morgan fingerprint density at radius 3 is 2.45 bits per heavy atom. The van der Waals surface area contributed by atoms with E-state index in [-0.39, 0.29) is 28.6 Å². The number of carbonyl (C=O) groups is 1. The molecule has 29 heavy (non-hydrogen) atoms. The lowest BCUT2D eigenvalue weighted by molar-refractivity contribution is 0.0900. The smallest absolute Gasteiger partial charge is 0.263 e. The maximum atomic E-state index is 13.1. The monoisotopic (exact) mass is 397 g/mol. The highest BCUT2D eigenvalue weighted by Crippen LogP contribution is 2.25. The first-order valence-corrected chi connectivity index (χ1v) is 9.77. The number of hydrogen-bond acceptors (Lipinski definition) is 5. The predicted molar refractivity (Wildman–Crippen MR) is 109 cm³/mol. The van der Waals surface area contributed by atoms with Crippen LogP contribution in [0, 0.1) is 11.7 Å². The van der Waals surface area contributed by atoms with Crippen LogP contribution in [-0.2, 0) is 5.54 Å². The van der Waals surface area contributed by atoms with Crippen LogP contribution in [0.1, 0.15) is 44.0 Å². The molecule has 0 spiro atoms. The number of fused-ring (bicyclic) bond motifs is 1. The number of piperidine rings is 1. The van der Waals surface area contributed by atoms with E-state index >= 15 is 0 Å². The van der Waals surface area contributed by atoms with Crippen LogP contribution < -0.4 is 10.5 Å². The Hall–Kier alpha value is -3.03. The number of H-pyrrole nitrogens is 1. The molecule has 1 fully saturated rings. The number of aromatic amines is 1. The topological polar surface area (TPSA) is 83.9 Å². The minimum atomic E-state index is -0.351. The number of rotatable bonds is 3. The summed E-state index contributed by atoms with van der Waals surface area (Å²) in [5.41, 5.74) is 0.576. The number of benzene rings is 1. The number of halogens is 1. The number of aromatic nitrogens is 4. The fourth-order valence-electron chi connectivity index (χ4n) is 3.75. The van der Waals surface area contributed by atoms with Gasteiger partial charge in [0.1, 0.15) is 11.2 Å². The van der Waals surface area contributed by atoms with E-state index < -0.39 is 0 Å². The summed E-state index contributed by atoms with van der Waals surface area (Å²) in [4.78, 5) is 34.7. The number of ketones is 1. The first-order valence-electron chi connectivity index (χ1n) is 9.77. The van der Waals surface area contributed by atoms with E-state index in [4.69, 9.17) is 0 Å². The van der Waals surface area contributed by atoms with Crippen molar-refractivity contribution in [3.63, 3.8) is 0 Å². The Bertz CT molecular complexity index is 1100. The molecule has 8 heteroatoms. The molecule has 7 nitrogen and oxygen atoms in total. The highest BCUT2D eigenvalue weighted by molar-refractivity contribution is 5.98. The van der Waals surface area contributed by atoms with Gasteiger partial charge in [-0.25, -0.2) is 9.07 Å². The van der Waals surface area contributed by atoms with Gasteiger partial charge in [0.05, 0.1) is 11.7 Å². The number of Topliss-reactive ketones (excluding diaryl/α,β-unsaturated/α-hetero) is 1. The lowest BCUT2D eigenvalue weighted by Crippen LogP contribution is -2.38. The predicted octanol–water partition coefficient (Wildman–Crippen LogP) is 3.11. The van der Waals surface area contributed by atoms with Gasteiger partial charge in [0.15, 0.2) is 11.4 Å². The number of carbonyl (C=O) groups excluding carboxylic acids is 1.